The maximum absolute atomic E-state index is 11.8. The first-order valence-corrected chi connectivity index (χ1v) is 8.13. The number of sulfone groups is 1. The zero-order chi connectivity index (χ0) is 14.0. The standard InChI is InChI=1S/C13H18N2O3S/c1-19(17,18)12-8-10(2-3-11(12)13(14)16)9-4-6-15-7-5-9/h2-3,8-9,15H,4-7H2,1H3,(H2,14,16). The summed E-state index contributed by atoms with van der Waals surface area (Å²) in [6.45, 7) is 1.85. The van der Waals surface area contributed by atoms with Gasteiger partial charge >= 0.3 is 0 Å². The maximum Gasteiger partial charge on any atom is 0.250 e. The Morgan fingerprint density at radius 3 is 2.47 bits per heavy atom. The number of rotatable bonds is 3. The molecule has 0 bridgehead atoms. The van der Waals surface area contributed by atoms with Gasteiger partial charge in [0.1, 0.15) is 0 Å². The van der Waals surface area contributed by atoms with Crippen molar-refractivity contribution in [2.75, 3.05) is 19.3 Å². The van der Waals surface area contributed by atoms with Crippen LogP contribution >= 0.6 is 0 Å². The van der Waals surface area contributed by atoms with E-state index >= 15 is 0 Å². The predicted octanol–water partition coefficient (Wildman–Crippen LogP) is 0.656. The van der Waals surface area contributed by atoms with Gasteiger partial charge in [0.2, 0.25) is 5.91 Å². The zero-order valence-corrected chi connectivity index (χ0v) is 11.7. The second-order valence-electron chi connectivity index (χ2n) is 4.92. The van der Waals surface area contributed by atoms with Gasteiger partial charge in [0, 0.05) is 6.26 Å². The normalized spacial score (nSPS) is 17.3. The Bertz CT molecular complexity index is 590. The molecule has 1 fully saturated rings. The van der Waals surface area contributed by atoms with Gasteiger partial charge in [0.15, 0.2) is 9.84 Å². The molecule has 0 spiro atoms. The summed E-state index contributed by atoms with van der Waals surface area (Å²) in [5.74, 6) is -0.374. The minimum atomic E-state index is -3.46. The van der Waals surface area contributed by atoms with E-state index in [9.17, 15) is 13.2 Å². The number of primary amides is 1. The molecule has 1 saturated heterocycles. The Balaban J connectivity index is 2.46. The number of carbonyl (C=O) groups excluding carboxylic acids is 1. The summed E-state index contributed by atoms with van der Waals surface area (Å²) >= 11 is 0. The maximum atomic E-state index is 11.8. The van der Waals surface area contributed by atoms with E-state index in [1.54, 1.807) is 6.07 Å². The molecule has 0 radical (unpaired) electrons. The van der Waals surface area contributed by atoms with Crippen molar-refractivity contribution < 1.29 is 13.2 Å². The first-order valence-electron chi connectivity index (χ1n) is 6.24. The Morgan fingerprint density at radius 1 is 1.32 bits per heavy atom. The predicted molar refractivity (Wildman–Crippen MR) is 72.9 cm³/mol. The highest BCUT2D eigenvalue weighted by Gasteiger charge is 2.21. The summed E-state index contributed by atoms with van der Waals surface area (Å²) in [5, 5.41) is 3.27. The highest BCUT2D eigenvalue weighted by Crippen LogP contribution is 2.28. The molecule has 1 aliphatic heterocycles. The Labute approximate surface area is 113 Å². The van der Waals surface area contributed by atoms with Gasteiger partial charge in [-0.3, -0.25) is 4.79 Å². The zero-order valence-electron chi connectivity index (χ0n) is 10.8. The number of hydrogen-bond acceptors (Lipinski definition) is 4. The van der Waals surface area contributed by atoms with E-state index in [-0.39, 0.29) is 10.5 Å². The fourth-order valence-electron chi connectivity index (χ4n) is 2.46. The largest absolute Gasteiger partial charge is 0.366 e. The molecule has 3 N–H and O–H groups in total. The van der Waals surface area contributed by atoms with Crippen LogP contribution in [0.25, 0.3) is 0 Å². The molecule has 104 valence electrons. The molecule has 0 saturated carbocycles. The van der Waals surface area contributed by atoms with Crippen molar-refractivity contribution in [2.45, 2.75) is 23.7 Å². The Kier molecular flexibility index (Phi) is 3.91. The summed E-state index contributed by atoms with van der Waals surface area (Å²) in [5.41, 5.74) is 6.26. The molecular weight excluding hydrogens is 264 g/mol. The number of nitrogens with one attached hydrogen (secondary N) is 1. The van der Waals surface area contributed by atoms with Crippen molar-refractivity contribution in [1.82, 2.24) is 5.32 Å². The summed E-state index contributed by atoms with van der Waals surface area (Å²) in [6, 6.07) is 4.94. The molecule has 0 aromatic heterocycles. The summed E-state index contributed by atoms with van der Waals surface area (Å²) in [4.78, 5) is 11.3. The van der Waals surface area contributed by atoms with Crippen LogP contribution in [-0.2, 0) is 9.84 Å². The highest BCUT2D eigenvalue weighted by atomic mass is 32.2. The third-order valence-corrected chi connectivity index (χ3v) is 4.62. The van der Waals surface area contributed by atoms with Crippen molar-refractivity contribution in [3.63, 3.8) is 0 Å². The van der Waals surface area contributed by atoms with E-state index in [0.29, 0.717) is 5.92 Å². The van der Waals surface area contributed by atoms with Crippen LogP contribution in [0.1, 0.15) is 34.7 Å². The van der Waals surface area contributed by atoms with Crippen LogP contribution in [0.15, 0.2) is 23.1 Å². The van der Waals surface area contributed by atoms with Gasteiger partial charge in [-0.1, -0.05) is 6.07 Å². The van der Waals surface area contributed by atoms with Gasteiger partial charge in [0.25, 0.3) is 0 Å². The summed E-state index contributed by atoms with van der Waals surface area (Å²) < 4.78 is 23.5. The number of amides is 1. The second-order valence-corrected chi connectivity index (χ2v) is 6.90. The molecule has 0 aliphatic carbocycles. The van der Waals surface area contributed by atoms with E-state index in [1.807, 2.05) is 6.07 Å². The van der Waals surface area contributed by atoms with Crippen LogP contribution in [0, 0.1) is 0 Å². The van der Waals surface area contributed by atoms with Gasteiger partial charge in [-0.25, -0.2) is 8.42 Å². The quantitative estimate of drug-likeness (QED) is 0.852. The lowest BCUT2D eigenvalue weighted by Crippen LogP contribution is -2.27. The molecular formula is C13H18N2O3S. The van der Waals surface area contributed by atoms with Crippen molar-refractivity contribution in [2.24, 2.45) is 5.73 Å². The van der Waals surface area contributed by atoms with E-state index in [4.69, 9.17) is 5.73 Å². The van der Waals surface area contributed by atoms with E-state index in [0.717, 1.165) is 37.8 Å². The lowest BCUT2D eigenvalue weighted by atomic mass is 9.90. The van der Waals surface area contributed by atoms with Gasteiger partial charge in [-0.15, -0.1) is 0 Å². The highest BCUT2D eigenvalue weighted by molar-refractivity contribution is 7.90. The average Bonchev–Trinajstić information content (AvgIpc) is 2.38. The fourth-order valence-corrected chi connectivity index (χ4v) is 3.38. The topological polar surface area (TPSA) is 89.3 Å². The first kappa shape index (κ1) is 14.0. The molecule has 1 amide bonds. The van der Waals surface area contributed by atoms with Crippen molar-refractivity contribution in [3.05, 3.63) is 29.3 Å². The average molecular weight is 282 g/mol. The van der Waals surface area contributed by atoms with Crippen LogP contribution in [0.5, 0.6) is 0 Å². The van der Waals surface area contributed by atoms with Crippen LogP contribution < -0.4 is 11.1 Å². The van der Waals surface area contributed by atoms with Gasteiger partial charge in [0.05, 0.1) is 10.5 Å². The van der Waals surface area contributed by atoms with Crippen molar-refractivity contribution in [3.8, 4) is 0 Å². The molecule has 6 heteroatoms. The Morgan fingerprint density at radius 2 is 1.95 bits per heavy atom. The van der Waals surface area contributed by atoms with Crippen LogP contribution in [-0.4, -0.2) is 33.7 Å². The molecule has 2 rings (SSSR count). The second kappa shape index (κ2) is 5.30. The monoisotopic (exact) mass is 282 g/mol. The summed E-state index contributed by atoms with van der Waals surface area (Å²) in [6.07, 6.45) is 3.04. The molecule has 0 unspecified atom stereocenters. The van der Waals surface area contributed by atoms with E-state index < -0.39 is 15.7 Å². The minimum Gasteiger partial charge on any atom is -0.366 e. The fraction of sp³-hybridized carbons (Fsp3) is 0.462. The Hall–Kier alpha value is -1.40. The molecule has 19 heavy (non-hydrogen) atoms. The number of benzene rings is 1. The van der Waals surface area contributed by atoms with E-state index in [2.05, 4.69) is 5.32 Å². The van der Waals surface area contributed by atoms with Gasteiger partial charge in [-0.05, 0) is 49.5 Å². The van der Waals surface area contributed by atoms with Crippen molar-refractivity contribution >= 4 is 15.7 Å². The SMILES string of the molecule is CS(=O)(=O)c1cc(C2CCNCC2)ccc1C(N)=O. The van der Waals surface area contributed by atoms with Crippen LogP contribution in [0.2, 0.25) is 0 Å². The minimum absolute atomic E-state index is 0.0380. The molecule has 1 heterocycles. The summed E-state index contributed by atoms with van der Waals surface area (Å²) in [7, 11) is -3.46. The number of hydrogen-bond donors (Lipinski definition) is 2. The first-order chi connectivity index (χ1) is 8.89. The van der Waals surface area contributed by atoms with Crippen molar-refractivity contribution in [1.29, 1.82) is 0 Å². The number of carbonyl (C=O) groups is 1. The molecule has 1 aromatic carbocycles. The molecule has 0 atom stereocenters. The van der Waals surface area contributed by atoms with Gasteiger partial charge < -0.3 is 11.1 Å². The van der Waals surface area contributed by atoms with Crippen LogP contribution in [0.3, 0.4) is 0 Å². The smallest absolute Gasteiger partial charge is 0.250 e. The molecule has 5 nitrogen and oxygen atoms in total. The third-order valence-electron chi connectivity index (χ3n) is 3.48. The number of piperidine rings is 1. The lowest BCUT2D eigenvalue weighted by molar-refractivity contribution is 0.0997. The van der Waals surface area contributed by atoms with Gasteiger partial charge in [-0.2, -0.15) is 0 Å². The number of nitrogens with two attached hydrogens (primary N) is 1. The van der Waals surface area contributed by atoms with Crippen LogP contribution in [0.4, 0.5) is 0 Å². The lowest BCUT2D eigenvalue weighted by Gasteiger charge is -2.23. The third kappa shape index (κ3) is 3.13. The molecule has 1 aliphatic rings. The molecule has 1 aromatic rings. The van der Waals surface area contributed by atoms with E-state index in [1.165, 1.54) is 6.07 Å².